The molecule has 1 N–H and O–H groups in total. The lowest BCUT2D eigenvalue weighted by atomic mass is 9.77. The number of esters is 3. The Kier molecular flexibility index (Phi) is 8.36. The summed E-state index contributed by atoms with van der Waals surface area (Å²) in [5.41, 5.74) is 0.239. The fourth-order valence-electron chi connectivity index (χ4n) is 2.81. The van der Waals surface area contributed by atoms with Crippen LogP contribution in [0.3, 0.4) is 0 Å². The zero-order valence-corrected chi connectivity index (χ0v) is 16.2. The van der Waals surface area contributed by atoms with Crippen molar-refractivity contribution in [3.63, 3.8) is 0 Å². The number of aliphatic hydroxyl groups is 1. The molecule has 0 aromatic rings. The topological polar surface area (TPSA) is 116 Å². The fraction of sp³-hybridized carbons (Fsp3) is 0.579. The predicted molar refractivity (Wildman–Crippen MR) is 94.3 cm³/mol. The van der Waals surface area contributed by atoms with Gasteiger partial charge in [-0.3, -0.25) is 14.4 Å². The Bertz CT molecular complexity index is 659. The monoisotopic (exact) mass is 382 g/mol. The zero-order valence-electron chi connectivity index (χ0n) is 16.2. The van der Waals surface area contributed by atoms with Gasteiger partial charge >= 0.3 is 17.9 Å². The quantitative estimate of drug-likeness (QED) is 0.395. The average Bonchev–Trinajstić information content (AvgIpc) is 2.55. The largest absolute Gasteiger partial charge is 0.461 e. The average molecular weight is 382 g/mol. The molecule has 1 aliphatic carbocycles. The van der Waals surface area contributed by atoms with Gasteiger partial charge in [-0.15, -0.1) is 0 Å². The minimum Gasteiger partial charge on any atom is -0.461 e. The molecule has 3 atom stereocenters. The lowest BCUT2D eigenvalue weighted by Crippen LogP contribution is -2.49. The number of rotatable bonds is 7. The van der Waals surface area contributed by atoms with Crippen molar-refractivity contribution in [2.75, 3.05) is 13.2 Å². The number of ketones is 1. The molecule has 8 nitrogen and oxygen atoms in total. The van der Waals surface area contributed by atoms with Gasteiger partial charge in [0.2, 0.25) is 5.78 Å². The molecule has 0 saturated heterocycles. The Morgan fingerprint density at radius 2 is 1.78 bits per heavy atom. The zero-order chi connectivity index (χ0) is 20.7. The first-order valence-electron chi connectivity index (χ1n) is 8.62. The van der Waals surface area contributed by atoms with Crippen molar-refractivity contribution >= 4 is 23.7 Å². The molecule has 0 spiro atoms. The van der Waals surface area contributed by atoms with Gasteiger partial charge in [-0.25, -0.2) is 4.79 Å². The van der Waals surface area contributed by atoms with Crippen molar-refractivity contribution in [2.45, 2.75) is 46.8 Å². The van der Waals surface area contributed by atoms with E-state index in [-0.39, 0.29) is 30.3 Å². The van der Waals surface area contributed by atoms with Gasteiger partial charge in [0.25, 0.3) is 0 Å². The third kappa shape index (κ3) is 6.32. The predicted octanol–water partition coefficient (Wildman–Crippen LogP) is 1.11. The summed E-state index contributed by atoms with van der Waals surface area (Å²) in [7, 11) is 0. The maximum absolute atomic E-state index is 12.9. The summed E-state index contributed by atoms with van der Waals surface area (Å²) < 4.78 is 15.6. The van der Waals surface area contributed by atoms with E-state index < -0.39 is 41.8 Å². The molecule has 0 fully saturated rings. The third-order valence-corrected chi connectivity index (χ3v) is 4.13. The van der Waals surface area contributed by atoms with Crippen LogP contribution < -0.4 is 0 Å². The minimum absolute atomic E-state index is 0.0925. The molecule has 0 amide bonds. The smallest absolute Gasteiger partial charge is 0.334 e. The molecule has 150 valence electrons. The Morgan fingerprint density at radius 1 is 1.15 bits per heavy atom. The van der Waals surface area contributed by atoms with Crippen LogP contribution in [0.25, 0.3) is 0 Å². The third-order valence-electron chi connectivity index (χ3n) is 4.13. The molecule has 0 heterocycles. The maximum atomic E-state index is 12.9. The van der Waals surface area contributed by atoms with Crippen molar-refractivity contribution in [2.24, 2.45) is 11.8 Å². The molecule has 0 radical (unpaired) electrons. The van der Waals surface area contributed by atoms with Crippen LogP contribution in [0.1, 0.15) is 34.6 Å². The van der Waals surface area contributed by atoms with E-state index in [2.05, 4.69) is 0 Å². The molecule has 0 aliphatic heterocycles. The van der Waals surface area contributed by atoms with Crippen LogP contribution in [0.15, 0.2) is 23.3 Å². The summed E-state index contributed by atoms with van der Waals surface area (Å²) in [5, 5.41) is 8.92. The van der Waals surface area contributed by atoms with Crippen LogP contribution in [0.2, 0.25) is 0 Å². The number of carbonyl (C=O) groups is 4. The number of hydrogen-bond acceptors (Lipinski definition) is 8. The Balaban J connectivity index is 3.25. The molecule has 1 rings (SSSR count). The van der Waals surface area contributed by atoms with Gasteiger partial charge in [0.15, 0.2) is 6.10 Å². The highest BCUT2D eigenvalue weighted by Gasteiger charge is 2.45. The number of hydrogen-bond donors (Lipinski definition) is 1. The lowest BCUT2D eigenvalue weighted by molar-refractivity contribution is -0.164. The van der Waals surface area contributed by atoms with Crippen molar-refractivity contribution in [1.29, 1.82) is 0 Å². The van der Waals surface area contributed by atoms with E-state index in [0.717, 1.165) is 0 Å². The number of carbonyl (C=O) groups excluding carboxylic acids is 4. The van der Waals surface area contributed by atoms with Gasteiger partial charge in [0, 0.05) is 30.9 Å². The van der Waals surface area contributed by atoms with Gasteiger partial charge < -0.3 is 19.3 Å². The highest BCUT2D eigenvalue weighted by atomic mass is 16.6. The molecular weight excluding hydrogens is 356 g/mol. The van der Waals surface area contributed by atoms with Crippen LogP contribution >= 0.6 is 0 Å². The van der Waals surface area contributed by atoms with E-state index in [0.29, 0.717) is 0 Å². The van der Waals surface area contributed by atoms with Crippen molar-refractivity contribution in [3.8, 4) is 0 Å². The normalized spacial score (nSPS) is 22.9. The fourth-order valence-corrected chi connectivity index (χ4v) is 2.81. The van der Waals surface area contributed by atoms with Gasteiger partial charge in [-0.1, -0.05) is 13.8 Å². The minimum atomic E-state index is -1.21. The summed E-state index contributed by atoms with van der Waals surface area (Å²) in [4.78, 5) is 47.7. The van der Waals surface area contributed by atoms with E-state index in [1.165, 1.54) is 32.9 Å². The van der Waals surface area contributed by atoms with E-state index in [9.17, 15) is 19.2 Å². The summed E-state index contributed by atoms with van der Waals surface area (Å²) in [6.45, 7) is 6.87. The molecule has 0 aromatic heterocycles. The van der Waals surface area contributed by atoms with Crippen LogP contribution in [0.5, 0.6) is 0 Å². The standard InChI is InChI=1S/C19H26O8/c1-10(2)16-15(26-13(5)22)8-14(9-25-12(4)21)17(23)18(16)27-19(24)11(3)6-7-20/h6,8,10,15-16,18,20H,7,9H2,1-5H3. The molecule has 3 unspecified atom stereocenters. The van der Waals surface area contributed by atoms with Gasteiger partial charge in [0.05, 0.1) is 6.61 Å². The molecule has 8 heteroatoms. The summed E-state index contributed by atoms with van der Waals surface area (Å²) in [6, 6.07) is 0. The van der Waals surface area contributed by atoms with Crippen molar-refractivity contribution in [3.05, 3.63) is 23.3 Å². The van der Waals surface area contributed by atoms with Crippen molar-refractivity contribution in [1.82, 2.24) is 0 Å². The van der Waals surface area contributed by atoms with E-state index in [1.807, 2.05) is 13.8 Å². The van der Waals surface area contributed by atoms with Crippen LogP contribution in [-0.4, -0.2) is 54.2 Å². The highest BCUT2D eigenvalue weighted by molar-refractivity contribution is 6.02. The van der Waals surface area contributed by atoms with E-state index >= 15 is 0 Å². The number of aliphatic hydroxyl groups excluding tert-OH is 1. The second kappa shape index (κ2) is 10.0. The van der Waals surface area contributed by atoms with Crippen LogP contribution in [-0.2, 0) is 33.4 Å². The Labute approximate surface area is 158 Å². The first-order valence-corrected chi connectivity index (χ1v) is 8.62. The van der Waals surface area contributed by atoms with Gasteiger partial charge in [0.1, 0.15) is 12.7 Å². The number of Topliss-reactive ketones (excluding diaryl/α,β-unsaturated/α-hetero) is 1. The molecule has 27 heavy (non-hydrogen) atoms. The maximum Gasteiger partial charge on any atom is 0.334 e. The van der Waals surface area contributed by atoms with E-state index in [4.69, 9.17) is 19.3 Å². The molecule has 0 aromatic carbocycles. The highest BCUT2D eigenvalue weighted by Crippen LogP contribution is 2.33. The van der Waals surface area contributed by atoms with Crippen LogP contribution in [0.4, 0.5) is 0 Å². The summed E-state index contributed by atoms with van der Waals surface area (Å²) in [6.07, 6.45) is 0.683. The number of ether oxygens (including phenoxy) is 3. The molecule has 0 saturated carbocycles. The Morgan fingerprint density at radius 3 is 2.26 bits per heavy atom. The first-order chi connectivity index (χ1) is 12.6. The molecular formula is C19H26O8. The summed E-state index contributed by atoms with van der Waals surface area (Å²) in [5.74, 6) is -3.16. The first kappa shape index (κ1) is 22.6. The second-order valence-corrected chi connectivity index (χ2v) is 6.63. The molecule has 0 bridgehead atoms. The van der Waals surface area contributed by atoms with Gasteiger partial charge in [-0.2, -0.15) is 0 Å². The lowest BCUT2D eigenvalue weighted by Gasteiger charge is -2.37. The SMILES string of the molecule is CC(=O)OCC1=CC(OC(C)=O)C(C(C)C)C(OC(=O)C(C)=CCO)C1=O. The molecule has 1 aliphatic rings. The van der Waals surface area contributed by atoms with Crippen molar-refractivity contribution < 1.29 is 38.5 Å². The van der Waals surface area contributed by atoms with Gasteiger partial charge in [-0.05, 0) is 25.0 Å². The van der Waals surface area contributed by atoms with Crippen LogP contribution in [0, 0.1) is 11.8 Å². The second-order valence-electron chi connectivity index (χ2n) is 6.63. The summed E-state index contributed by atoms with van der Waals surface area (Å²) >= 11 is 0. The van der Waals surface area contributed by atoms with E-state index in [1.54, 1.807) is 0 Å². The Hall–Kier alpha value is -2.48.